The molecule has 2 heterocycles. The monoisotopic (exact) mass is 374 g/mol. The van der Waals surface area contributed by atoms with Crippen LogP contribution in [0.15, 0.2) is 42.9 Å². The van der Waals surface area contributed by atoms with Crippen LogP contribution in [0, 0.1) is 0 Å². The van der Waals surface area contributed by atoms with Gasteiger partial charge >= 0.3 is 0 Å². The fraction of sp³-hybridized carbons (Fsp3) is 0.294. The fourth-order valence-electron chi connectivity index (χ4n) is 2.57. The molecule has 2 aromatic rings. The maximum Gasteiger partial charge on any atom is 0.251 e. The Morgan fingerprint density at radius 1 is 1.08 bits per heavy atom. The molecule has 0 atom stereocenters. The van der Waals surface area contributed by atoms with Crippen LogP contribution in [-0.4, -0.2) is 66.2 Å². The highest BCUT2D eigenvalue weighted by Gasteiger charge is 2.25. The molecular formula is C17H18N4O4S. The summed E-state index contributed by atoms with van der Waals surface area (Å²) in [5, 5.41) is 2.57. The van der Waals surface area contributed by atoms with Gasteiger partial charge in [0.1, 0.15) is 0 Å². The molecule has 1 aromatic heterocycles. The molecule has 1 aliphatic rings. The van der Waals surface area contributed by atoms with Gasteiger partial charge in [0.05, 0.1) is 29.9 Å². The average molecular weight is 374 g/mol. The molecule has 1 aromatic carbocycles. The van der Waals surface area contributed by atoms with E-state index in [2.05, 4.69) is 15.3 Å². The predicted molar refractivity (Wildman–Crippen MR) is 95.0 cm³/mol. The maximum atomic E-state index is 12.2. The summed E-state index contributed by atoms with van der Waals surface area (Å²) >= 11 is 0. The number of nitrogens with one attached hydrogen (secondary N) is 1. The number of carbonyl (C=O) groups is 2. The van der Waals surface area contributed by atoms with Crippen LogP contribution in [0.4, 0.5) is 0 Å². The first-order valence-electron chi connectivity index (χ1n) is 8.07. The molecular weight excluding hydrogens is 356 g/mol. The van der Waals surface area contributed by atoms with Crippen molar-refractivity contribution in [2.45, 2.75) is 0 Å². The summed E-state index contributed by atoms with van der Waals surface area (Å²) in [6.07, 6.45) is 4.81. The second-order valence-electron chi connectivity index (χ2n) is 5.88. The number of rotatable bonds is 4. The van der Waals surface area contributed by atoms with Crippen molar-refractivity contribution in [3.8, 4) is 11.3 Å². The van der Waals surface area contributed by atoms with E-state index in [1.807, 2.05) is 0 Å². The third-order valence-electron chi connectivity index (χ3n) is 4.10. The largest absolute Gasteiger partial charge is 0.343 e. The van der Waals surface area contributed by atoms with Gasteiger partial charge in [-0.15, -0.1) is 0 Å². The Balaban J connectivity index is 1.54. The first kappa shape index (κ1) is 18.0. The van der Waals surface area contributed by atoms with Gasteiger partial charge in [0.15, 0.2) is 9.84 Å². The quantitative estimate of drug-likeness (QED) is 0.815. The van der Waals surface area contributed by atoms with Crippen LogP contribution < -0.4 is 5.32 Å². The molecule has 0 spiro atoms. The summed E-state index contributed by atoms with van der Waals surface area (Å²) in [4.78, 5) is 33.9. The zero-order valence-corrected chi connectivity index (χ0v) is 14.8. The summed E-state index contributed by atoms with van der Waals surface area (Å²) in [5.74, 6) is -0.717. The van der Waals surface area contributed by atoms with Gasteiger partial charge in [0.2, 0.25) is 5.91 Å². The Morgan fingerprint density at radius 3 is 2.38 bits per heavy atom. The van der Waals surface area contributed by atoms with Gasteiger partial charge in [-0.05, 0) is 12.1 Å². The number of sulfone groups is 1. The summed E-state index contributed by atoms with van der Waals surface area (Å²) < 4.78 is 22.8. The summed E-state index contributed by atoms with van der Waals surface area (Å²) in [5.41, 5.74) is 1.96. The first-order chi connectivity index (χ1) is 12.4. The molecule has 2 amide bonds. The van der Waals surface area contributed by atoms with Crippen LogP contribution in [0.3, 0.4) is 0 Å². The van der Waals surface area contributed by atoms with Gasteiger partial charge in [-0.25, -0.2) is 8.42 Å². The SMILES string of the molecule is O=C(NCC(=O)N1CCS(=O)(=O)CC1)c1ccc(-c2cnccn2)cc1. The number of nitrogens with zero attached hydrogens (tertiary/aromatic N) is 3. The molecule has 0 aliphatic carbocycles. The van der Waals surface area contributed by atoms with E-state index in [1.54, 1.807) is 42.9 Å². The van der Waals surface area contributed by atoms with Gasteiger partial charge in [-0.2, -0.15) is 0 Å². The third kappa shape index (κ3) is 4.42. The van der Waals surface area contributed by atoms with Crippen molar-refractivity contribution in [1.82, 2.24) is 20.2 Å². The van der Waals surface area contributed by atoms with Crippen molar-refractivity contribution in [3.05, 3.63) is 48.4 Å². The predicted octanol–water partition coefficient (Wildman–Crippen LogP) is 0.130. The molecule has 3 rings (SSSR count). The molecule has 0 bridgehead atoms. The lowest BCUT2D eigenvalue weighted by molar-refractivity contribution is -0.129. The first-order valence-corrected chi connectivity index (χ1v) is 9.90. The topological polar surface area (TPSA) is 109 Å². The van der Waals surface area contributed by atoms with Crippen molar-refractivity contribution in [2.24, 2.45) is 0 Å². The number of hydrogen-bond donors (Lipinski definition) is 1. The highest BCUT2D eigenvalue weighted by Crippen LogP contribution is 2.16. The Morgan fingerprint density at radius 2 is 1.77 bits per heavy atom. The van der Waals surface area contributed by atoms with Gasteiger partial charge in [-0.1, -0.05) is 12.1 Å². The zero-order valence-electron chi connectivity index (χ0n) is 14.0. The summed E-state index contributed by atoms with van der Waals surface area (Å²) in [7, 11) is -3.04. The van der Waals surface area contributed by atoms with Crippen molar-refractivity contribution >= 4 is 21.7 Å². The maximum absolute atomic E-state index is 12.2. The standard InChI is InChI=1S/C17H18N4O4S/c22-16(21-7-9-26(24,25)10-8-21)12-20-17(23)14-3-1-13(2-4-14)15-11-18-5-6-19-15/h1-6,11H,7-10,12H2,(H,20,23). The van der Waals surface area contributed by atoms with E-state index in [0.717, 1.165) is 5.56 Å². The van der Waals surface area contributed by atoms with Crippen molar-refractivity contribution in [2.75, 3.05) is 31.1 Å². The summed E-state index contributed by atoms with van der Waals surface area (Å²) in [6.45, 7) is 0.179. The normalized spacial score (nSPS) is 16.1. The van der Waals surface area contributed by atoms with Crippen molar-refractivity contribution in [3.63, 3.8) is 0 Å². The van der Waals surface area contributed by atoms with Gasteiger partial charge in [0, 0.05) is 36.6 Å². The molecule has 1 aliphatic heterocycles. The van der Waals surface area contributed by atoms with Crippen LogP contribution in [0.1, 0.15) is 10.4 Å². The number of aromatic nitrogens is 2. The van der Waals surface area contributed by atoms with E-state index in [9.17, 15) is 18.0 Å². The molecule has 0 radical (unpaired) electrons. The molecule has 1 N–H and O–H groups in total. The third-order valence-corrected chi connectivity index (χ3v) is 5.71. The van der Waals surface area contributed by atoms with E-state index in [4.69, 9.17) is 0 Å². The number of benzene rings is 1. The van der Waals surface area contributed by atoms with Crippen molar-refractivity contribution in [1.29, 1.82) is 0 Å². The number of amides is 2. The van der Waals surface area contributed by atoms with E-state index in [0.29, 0.717) is 11.3 Å². The Kier molecular flexibility index (Phi) is 5.27. The number of carbonyl (C=O) groups excluding carboxylic acids is 2. The second-order valence-corrected chi connectivity index (χ2v) is 8.19. The lowest BCUT2D eigenvalue weighted by Crippen LogP contribution is -2.47. The minimum atomic E-state index is -3.04. The Bertz CT molecular complexity index is 884. The average Bonchev–Trinajstić information content (AvgIpc) is 2.66. The Hall–Kier alpha value is -2.81. The van der Waals surface area contributed by atoms with E-state index in [1.165, 1.54) is 4.90 Å². The second kappa shape index (κ2) is 7.61. The molecule has 26 heavy (non-hydrogen) atoms. The smallest absolute Gasteiger partial charge is 0.251 e. The molecule has 8 nitrogen and oxygen atoms in total. The van der Waals surface area contributed by atoms with Crippen molar-refractivity contribution < 1.29 is 18.0 Å². The molecule has 0 saturated carbocycles. The fourth-order valence-corrected chi connectivity index (χ4v) is 3.77. The minimum absolute atomic E-state index is 0.0312. The van der Waals surface area contributed by atoms with Crippen LogP contribution >= 0.6 is 0 Å². The lowest BCUT2D eigenvalue weighted by atomic mass is 10.1. The van der Waals surface area contributed by atoms with E-state index < -0.39 is 9.84 Å². The van der Waals surface area contributed by atoms with Crippen LogP contribution in [0.5, 0.6) is 0 Å². The van der Waals surface area contributed by atoms with Gasteiger partial charge < -0.3 is 10.2 Å². The molecule has 9 heteroatoms. The van der Waals surface area contributed by atoms with Crippen LogP contribution in [0.2, 0.25) is 0 Å². The van der Waals surface area contributed by atoms with Gasteiger partial charge in [-0.3, -0.25) is 19.6 Å². The highest BCUT2D eigenvalue weighted by molar-refractivity contribution is 7.91. The molecule has 1 fully saturated rings. The summed E-state index contributed by atoms with van der Waals surface area (Å²) in [6, 6.07) is 6.82. The highest BCUT2D eigenvalue weighted by atomic mass is 32.2. The molecule has 0 unspecified atom stereocenters. The van der Waals surface area contributed by atoms with Gasteiger partial charge in [0.25, 0.3) is 5.91 Å². The van der Waals surface area contributed by atoms with Crippen LogP contribution in [0.25, 0.3) is 11.3 Å². The number of hydrogen-bond acceptors (Lipinski definition) is 6. The molecule has 136 valence electrons. The van der Waals surface area contributed by atoms with Crippen LogP contribution in [-0.2, 0) is 14.6 Å². The van der Waals surface area contributed by atoms with E-state index >= 15 is 0 Å². The van der Waals surface area contributed by atoms with E-state index in [-0.39, 0.29) is 43.0 Å². The minimum Gasteiger partial charge on any atom is -0.343 e. The lowest BCUT2D eigenvalue weighted by Gasteiger charge is -2.26. The Labute approximate surface area is 151 Å². The zero-order chi connectivity index (χ0) is 18.6. The molecule has 1 saturated heterocycles.